The largest absolute Gasteiger partial charge is 0.493 e. The van der Waals surface area contributed by atoms with Crippen molar-refractivity contribution >= 4 is 11.6 Å². The van der Waals surface area contributed by atoms with Gasteiger partial charge in [-0.3, -0.25) is 9.69 Å². The molecule has 0 aromatic heterocycles. The van der Waals surface area contributed by atoms with Crippen molar-refractivity contribution in [3.63, 3.8) is 0 Å². The Morgan fingerprint density at radius 1 is 1.32 bits per heavy atom. The van der Waals surface area contributed by atoms with E-state index >= 15 is 0 Å². The molecule has 1 amide bonds. The van der Waals surface area contributed by atoms with E-state index in [4.69, 9.17) is 16.9 Å². The zero-order valence-corrected chi connectivity index (χ0v) is 23.3. The molecule has 1 saturated heterocycles. The Kier molecular flexibility index (Phi) is 9.31. The maximum atomic E-state index is 13.9. The SMILES string of the molecule is C#C[C@@](C)(/C=C/C)C[C@H]1CC(c2ccc3c(c2)CCO3)CN1CC(=O)N(CCCC)c1cccc(CN)c1. The summed E-state index contributed by atoms with van der Waals surface area (Å²) in [4.78, 5) is 18.2. The quantitative estimate of drug-likeness (QED) is 0.310. The molecular formula is C33H43N3O2. The molecule has 0 bridgehead atoms. The Labute approximate surface area is 229 Å². The topological polar surface area (TPSA) is 58.8 Å². The highest BCUT2D eigenvalue weighted by Gasteiger charge is 2.38. The molecule has 0 radical (unpaired) electrons. The van der Waals surface area contributed by atoms with E-state index in [-0.39, 0.29) is 17.4 Å². The molecule has 2 aromatic carbocycles. The van der Waals surface area contributed by atoms with Gasteiger partial charge in [-0.15, -0.1) is 6.42 Å². The van der Waals surface area contributed by atoms with Gasteiger partial charge in [-0.2, -0.15) is 0 Å². The van der Waals surface area contributed by atoms with Crippen molar-refractivity contribution in [2.75, 3.05) is 31.1 Å². The van der Waals surface area contributed by atoms with E-state index in [1.54, 1.807) is 0 Å². The zero-order chi connectivity index (χ0) is 27.1. The molecule has 2 aliphatic heterocycles. The number of anilines is 1. The first kappa shape index (κ1) is 28.0. The second-order valence-corrected chi connectivity index (χ2v) is 11.0. The monoisotopic (exact) mass is 513 g/mol. The lowest BCUT2D eigenvalue weighted by molar-refractivity contribution is -0.120. The fourth-order valence-electron chi connectivity index (χ4n) is 5.95. The van der Waals surface area contributed by atoms with Gasteiger partial charge in [-0.05, 0) is 73.9 Å². The molecule has 3 atom stereocenters. The van der Waals surface area contributed by atoms with Gasteiger partial charge in [-0.1, -0.05) is 55.7 Å². The summed E-state index contributed by atoms with van der Waals surface area (Å²) in [5.41, 5.74) is 10.1. The van der Waals surface area contributed by atoms with Gasteiger partial charge in [0.25, 0.3) is 0 Å². The Morgan fingerprint density at radius 2 is 2.16 bits per heavy atom. The lowest BCUT2D eigenvalue weighted by atomic mass is 9.82. The number of amides is 1. The van der Waals surface area contributed by atoms with Gasteiger partial charge in [-0.25, -0.2) is 0 Å². The normalized spacial score (nSPS) is 20.6. The first-order valence-electron chi connectivity index (χ1n) is 14.1. The number of nitrogens with zero attached hydrogens (tertiary/aromatic N) is 2. The van der Waals surface area contributed by atoms with E-state index in [0.29, 0.717) is 25.6 Å². The molecule has 2 heterocycles. The zero-order valence-electron chi connectivity index (χ0n) is 23.3. The molecule has 2 aliphatic rings. The van der Waals surface area contributed by atoms with Crippen LogP contribution in [-0.4, -0.2) is 43.1 Å². The Hall–Kier alpha value is -3.07. The first-order valence-corrected chi connectivity index (χ1v) is 14.1. The van der Waals surface area contributed by atoms with Crippen molar-refractivity contribution in [1.29, 1.82) is 0 Å². The number of hydrogen-bond donors (Lipinski definition) is 1. The number of nitrogens with two attached hydrogens (primary N) is 1. The van der Waals surface area contributed by atoms with Crippen LogP contribution in [0.4, 0.5) is 5.69 Å². The van der Waals surface area contributed by atoms with Gasteiger partial charge in [0.1, 0.15) is 5.75 Å². The summed E-state index contributed by atoms with van der Waals surface area (Å²) in [7, 11) is 0. The van der Waals surface area contributed by atoms with Crippen LogP contribution in [0, 0.1) is 17.8 Å². The molecule has 202 valence electrons. The number of hydrogen-bond acceptors (Lipinski definition) is 4. The number of terminal acetylenes is 1. The molecule has 5 heteroatoms. The molecular weight excluding hydrogens is 470 g/mol. The van der Waals surface area contributed by atoms with Crippen LogP contribution < -0.4 is 15.4 Å². The maximum Gasteiger partial charge on any atom is 0.241 e. The average Bonchev–Trinajstić information content (AvgIpc) is 3.55. The van der Waals surface area contributed by atoms with Crippen LogP contribution in [0.15, 0.2) is 54.6 Å². The third kappa shape index (κ3) is 6.49. The predicted octanol–water partition coefficient (Wildman–Crippen LogP) is 5.68. The van der Waals surface area contributed by atoms with Crippen LogP contribution in [0.3, 0.4) is 0 Å². The molecule has 5 nitrogen and oxygen atoms in total. The van der Waals surface area contributed by atoms with E-state index in [9.17, 15) is 4.79 Å². The van der Waals surface area contributed by atoms with E-state index in [1.165, 1.54) is 11.1 Å². The molecule has 0 spiro atoms. The molecule has 2 aromatic rings. The van der Waals surface area contributed by atoms with Gasteiger partial charge in [0.15, 0.2) is 0 Å². The van der Waals surface area contributed by atoms with Crippen molar-refractivity contribution in [3.05, 3.63) is 71.3 Å². The third-order valence-electron chi connectivity index (χ3n) is 8.07. The lowest BCUT2D eigenvalue weighted by Crippen LogP contribution is -2.44. The van der Waals surface area contributed by atoms with E-state index in [2.05, 4.69) is 48.9 Å². The van der Waals surface area contributed by atoms with Crippen LogP contribution in [0.1, 0.15) is 69.1 Å². The number of allylic oxidation sites excluding steroid dienone is 2. The van der Waals surface area contributed by atoms with E-state index in [1.807, 2.05) is 42.2 Å². The predicted molar refractivity (Wildman–Crippen MR) is 156 cm³/mol. The Bertz CT molecular complexity index is 1180. The molecule has 4 rings (SSSR count). The number of benzene rings is 2. The Balaban J connectivity index is 1.59. The van der Waals surface area contributed by atoms with Crippen LogP contribution in [0.5, 0.6) is 5.75 Å². The second-order valence-electron chi connectivity index (χ2n) is 11.0. The summed E-state index contributed by atoms with van der Waals surface area (Å²) in [6.45, 7) is 9.44. The number of carbonyl (C=O) groups is 1. The fourth-order valence-corrected chi connectivity index (χ4v) is 5.95. The number of rotatable bonds is 11. The number of ether oxygens (including phenoxy) is 1. The number of carbonyl (C=O) groups excluding carboxylic acids is 1. The molecule has 1 fully saturated rings. The summed E-state index contributed by atoms with van der Waals surface area (Å²) in [6.07, 6.45) is 14.9. The molecule has 1 unspecified atom stereocenters. The highest BCUT2D eigenvalue weighted by molar-refractivity contribution is 5.95. The van der Waals surface area contributed by atoms with Gasteiger partial charge in [0.2, 0.25) is 5.91 Å². The highest BCUT2D eigenvalue weighted by atomic mass is 16.5. The molecule has 2 N–H and O–H groups in total. The third-order valence-corrected chi connectivity index (χ3v) is 8.07. The van der Waals surface area contributed by atoms with Gasteiger partial charge in [0, 0.05) is 43.2 Å². The number of fused-ring (bicyclic) bond motifs is 1. The molecule has 0 saturated carbocycles. The standard InChI is InChI=1S/C33H43N3O2/c1-5-8-16-36(29-11-9-10-25(18-29)22-34)32(37)24-35-23-28(20-30(35)21-33(4,7-3)15-6-2)26-12-13-31-27(19-26)14-17-38-31/h3,6,9-13,15,18-19,28,30H,5,8,14,16-17,20-24,34H2,1-2,4H3/b15-6+/t28?,30-,33+/m1/s1. The van der Waals surface area contributed by atoms with E-state index < -0.39 is 0 Å². The summed E-state index contributed by atoms with van der Waals surface area (Å²) < 4.78 is 5.74. The summed E-state index contributed by atoms with van der Waals surface area (Å²) in [5.74, 6) is 4.52. The van der Waals surface area contributed by atoms with Gasteiger partial charge < -0.3 is 15.4 Å². The van der Waals surface area contributed by atoms with Crippen LogP contribution in [0.2, 0.25) is 0 Å². The van der Waals surface area contributed by atoms with Crippen molar-refractivity contribution in [3.8, 4) is 18.1 Å². The summed E-state index contributed by atoms with van der Waals surface area (Å²) in [6, 6.07) is 14.9. The van der Waals surface area contributed by atoms with Crippen LogP contribution in [0.25, 0.3) is 0 Å². The first-order chi connectivity index (χ1) is 18.4. The van der Waals surface area contributed by atoms with E-state index in [0.717, 1.165) is 62.3 Å². The van der Waals surface area contributed by atoms with Gasteiger partial charge >= 0.3 is 0 Å². The minimum Gasteiger partial charge on any atom is -0.493 e. The van der Waals surface area contributed by atoms with Crippen LogP contribution >= 0.6 is 0 Å². The van der Waals surface area contributed by atoms with Crippen molar-refractivity contribution in [2.24, 2.45) is 11.1 Å². The minimum atomic E-state index is -0.348. The fraction of sp³-hybridized carbons (Fsp3) is 0.485. The van der Waals surface area contributed by atoms with Gasteiger partial charge in [0.05, 0.1) is 13.2 Å². The number of unbranched alkanes of at least 4 members (excludes halogenated alkanes) is 1. The maximum absolute atomic E-state index is 13.9. The van der Waals surface area contributed by atoms with Crippen molar-refractivity contribution in [2.45, 2.75) is 71.4 Å². The lowest BCUT2D eigenvalue weighted by Gasteiger charge is -2.32. The second kappa shape index (κ2) is 12.7. The summed E-state index contributed by atoms with van der Waals surface area (Å²) in [5, 5.41) is 0. The van der Waals surface area contributed by atoms with Crippen molar-refractivity contribution in [1.82, 2.24) is 4.90 Å². The smallest absolute Gasteiger partial charge is 0.241 e. The van der Waals surface area contributed by atoms with Crippen LogP contribution in [-0.2, 0) is 17.8 Å². The van der Waals surface area contributed by atoms with Crippen molar-refractivity contribution < 1.29 is 9.53 Å². The summed E-state index contributed by atoms with van der Waals surface area (Å²) >= 11 is 0. The minimum absolute atomic E-state index is 0.133. The molecule has 0 aliphatic carbocycles. The number of likely N-dealkylation sites (tertiary alicyclic amines) is 1. The Morgan fingerprint density at radius 3 is 2.89 bits per heavy atom. The average molecular weight is 514 g/mol. The molecule has 38 heavy (non-hydrogen) atoms. The highest BCUT2D eigenvalue weighted by Crippen LogP contribution is 2.39.